The van der Waals surface area contributed by atoms with Crippen molar-refractivity contribution in [3.63, 3.8) is 0 Å². The number of esters is 1. The van der Waals surface area contributed by atoms with Gasteiger partial charge < -0.3 is 4.74 Å². The van der Waals surface area contributed by atoms with Gasteiger partial charge in [-0.05, 0) is 0 Å². The molecule has 0 bridgehead atoms. The Morgan fingerprint density at radius 3 is 1.25 bits per heavy atom. The predicted octanol–water partition coefficient (Wildman–Crippen LogP) is -0.960. The second-order valence-corrected chi connectivity index (χ2v) is 3.41. The Balaban J connectivity index is -0.000000160. The lowest BCUT2D eigenvalue weighted by Gasteiger charge is -1.83. The summed E-state index contributed by atoms with van der Waals surface area (Å²) in [4.78, 5) is 9.84. The summed E-state index contributed by atoms with van der Waals surface area (Å²) in [6.07, 6.45) is 1.11. The molecule has 0 radical (unpaired) electrons. The van der Waals surface area contributed by atoms with Gasteiger partial charge in [0, 0.05) is 6.08 Å². The molecule has 0 saturated heterocycles. The molecule has 0 aliphatic rings. The highest BCUT2D eigenvalue weighted by molar-refractivity contribution is 7.80. The van der Waals surface area contributed by atoms with Crippen molar-refractivity contribution in [3.05, 3.63) is 12.7 Å². The lowest BCUT2D eigenvalue weighted by atomic mass is 10.7. The van der Waals surface area contributed by atoms with E-state index < -0.39 is 26.8 Å². The van der Waals surface area contributed by atoms with Gasteiger partial charge in [0.1, 0.15) is 0 Å². The Kier molecular flexibility index (Phi) is 11.7. The van der Waals surface area contributed by atoms with Gasteiger partial charge in [-0.25, -0.2) is 4.79 Å². The highest BCUT2D eigenvalue weighted by atomic mass is 32.3. The quantitative estimate of drug-likeness (QED) is 0.266. The van der Waals surface area contributed by atoms with E-state index in [1.165, 1.54) is 7.11 Å². The molecule has 0 amide bonds. The third kappa shape index (κ3) is 213. The van der Waals surface area contributed by atoms with E-state index in [1.54, 1.807) is 0 Å². The predicted molar refractivity (Wildman–Crippen MR) is 50.6 cm³/mol. The van der Waals surface area contributed by atoms with Crippen LogP contribution in [0, 0.1) is 0 Å². The van der Waals surface area contributed by atoms with Crippen LogP contribution < -0.4 is 0 Å². The standard InChI is InChI=1S/C4H6O2.2H2O4S/c1-3-4(5)6-2;2*1-5(2,3)4/h3H,1H2,2H3;2*(H2,1,2,3,4). The lowest BCUT2D eigenvalue weighted by molar-refractivity contribution is -0.134. The van der Waals surface area contributed by atoms with Crippen molar-refractivity contribution in [2.45, 2.75) is 0 Å². The minimum Gasteiger partial charge on any atom is -0.466 e. The number of rotatable bonds is 1. The van der Waals surface area contributed by atoms with Crippen LogP contribution in [0.1, 0.15) is 0 Å². The van der Waals surface area contributed by atoms with Crippen LogP contribution >= 0.6 is 0 Å². The molecule has 98 valence electrons. The van der Waals surface area contributed by atoms with E-state index in [1.807, 2.05) is 0 Å². The molecule has 0 rings (SSSR count). The maximum Gasteiger partial charge on any atom is 0.394 e. The van der Waals surface area contributed by atoms with Crippen LogP contribution in [-0.2, 0) is 30.3 Å². The summed E-state index contributed by atoms with van der Waals surface area (Å²) in [6.45, 7) is 3.16. The molecule has 0 atom stereocenters. The van der Waals surface area contributed by atoms with Crippen molar-refractivity contribution in [1.82, 2.24) is 0 Å². The Hall–Kier alpha value is -1.05. The van der Waals surface area contributed by atoms with Crippen LogP contribution in [-0.4, -0.2) is 48.1 Å². The van der Waals surface area contributed by atoms with Crippen molar-refractivity contribution < 1.29 is 44.6 Å². The molecule has 0 saturated carbocycles. The zero-order chi connectivity index (χ0) is 14.0. The second kappa shape index (κ2) is 9.20. The SMILES string of the molecule is C=CC(=O)OC.O=S(=O)(O)O.O=S(=O)(O)O. The molecule has 0 aromatic carbocycles. The van der Waals surface area contributed by atoms with Crippen LogP contribution in [0.15, 0.2) is 12.7 Å². The van der Waals surface area contributed by atoms with Gasteiger partial charge >= 0.3 is 26.8 Å². The maximum absolute atomic E-state index is 9.84. The molecule has 0 spiro atoms. The minimum absolute atomic E-state index is 0.394. The van der Waals surface area contributed by atoms with Crippen LogP contribution in [0.25, 0.3) is 0 Å². The Labute approximate surface area is 91.7 Å². The number of methoxy groups -OCH3 is 1. The van der Waals surface area contributed by atoms with Crippen molar-refractivity contribution in [3.8, 4) is 0 Å². The average molecular weight is 282 g/mol. The largest absolute Gasteiger partial charge is 0.466 e. The van der Waals surface area contributed by atoms with E-state index in [-0.39, 0.29) is 0 Å². The monoisotopic (exact) mass is 282 g/mol. The molecule has 0 unspecified atom stereocenters. The zero-order valence-corrected chi connectivity index (χ0v) is 9.47. The van der Waals surface area contributed by atoms with Gasteiger partial charge in [0.05, 0.1) is 7.11 Å². The van der Waals surface area contributed by atoms with Crippen molar-refractivity contribution in [2.75, 3.05) is 7.11 Å². The van der Waals surface area contributed by atoms with E-state index in [9.17, 15) is 4.79 Å². The van der Waals surface area contributed by atoms with Crippen molar-refractivity contribution in [2.24, 2.45) is 0 Å². The van der Waals surface area contributed by atoms with Crippen LogP contribution in [0.3, 0.4) is 0 Å². The third-order valence-corrected chi connectivity index (χ3v) is 0.368. The van der Waals surface area contributed by atoms with E-state index >= 15 is 0 Å². The zero-order valence-electron chi connectivity index (χ0n) is 7.84. The fourth-order valence-corrected chi connectivity index (χ4v) is 0.0833. The first-order valence-electron chi connectivity index (χ1n) is 2.91. The van der Waals surface area contributed by atoms with Gasteiger partial charge in [-0.1, -0.05) is 6.58 Å². The summed E-state index contributed by atoms with van der Waals surface area (Å²) in [5, 5.41) is 0. The number of carbonyl (C=O) groups is 1. The molecule has 0 heterocycles. The maximum atomic E-state index is 9.84. The molecule has 12 heteroatoms. The number of hydrogen-bond donors (Lipinski definition) is 4. The fraction of sp³-hybridized carbons (Fsp3) is 0.250. The molecule has 16 heavy (non-hydrogen) atoms. The first-order valence-corrected chi connectivity index (χ1v) is 5.70. The Morgan fingerprint density at radius 1 is 1.06 bits per heavy atom. The normalized spacial score (nSPS) is 9.81. The minimum atomic E-state index is -4.67. The first-order chi connectivity index (χ1) is 6.81. The molecule has 0 aromatic heterocycles. The molecule has 0 fully saturated rings. The number of carbonyl (C=O) groups excluding carboxylic acids is 1. The Morgan fingerprint density at radius 2 is 1.25 bits per heavy atom. The van der Waals surface area contributed by atoms with E-state index in [2.05, 4.69) is 11.3 Å². The van der Waals surface area contributed by atoms with E-state index in [0.717, 1.165) is 6.08 Å². The molecule has 10 nitrogen and oxygen atoms in total. The summed E-state index contributed by atoms with van der Waals surface area (Å²) >= 11 is 0. The molecular weight excluding hydrogens is 272 g/mol. The van der Waals surface area contributed by atoms with Crippen LogP contribution in [0.5, 0.6) is 0 Å². The van der Waals surface area contributed by atoms with E-state index in [4.69, 9.17) is 35.0 Å². The van der Waals surface area contributed by atoms with Crippen molar-refractivity contribution in [1.29, 1.82) is 0 Å². The summed E-state index contributed by atoms with van der Waals surface area (Å²) in [6, 6.07) is 0. The van der Waals surface area contributed by atoms with Crippen molar-refractivity contribution >= 4 is 26.8 Å². The number of hydrogen-bond acceptors (Lipinski definition) is 6. The molecule has 0 aliphatic heterocycles. The highest BCUT2D eigenvalue weighted by Gasteiger charge is 1.85. The topological polar surface area (TPSA) is 175 Å². The van der Waals surface area contributed by atoms with Gasteiger partial charge in [-0.2, -0.15) is 16.8 Å². The molecule has 0 aliphatic carbocycles. The van der Waals surface area contributed by atoms with E-state index in [0.29, 0.717) is 0 Å². The van der Waals surface area contributed by atoms with Gasteiger partial charge in [-0.3, -0.25) is 18.2 Å². The smallest absolute Gasteiger partial charge is 0.394 e. The van der Waals surface area contributed by atoms with Gasteiger partial charge in [-0.15, -0.1) is 0 Å². The van der Waals surface area contributed by atoms with Gasteiger partial charge in [0.2, 0.25) is 0 Å². The van der Waals surface area contributed by atoms with Gasteiger partial charge in [0.25, 0.3) is 0 Å². The van der Waals surface area contributed by atoms with Crippen LogP contribution in [0.2, 0.25) is 0 Å². The van der Waals surface area contributed by atoms with Crippen LogP contribution in [0.4, 0.5) is 0 Å². The Bertz CT molecular complexity index is 343. The van der Waals surface area contributed by atoms with Gasteiger partial charge in [0.15, 0.2) is 0 Å². The second-order valence-electron chi connectivity index (χ2n) is 1.62. The summed E-state index contributed by atoms with van der Waals surface area (Å²) in [5.74, 6) is -0.394. The highest BCUT2D eigenvalue weighted by Crippen LogP contribution is 1.67. The molecule has 0 aromatic rings. The summed E-state index contributed by atoms with van der Waals surface area (Å²) < 4.78 is 67.3. The first kappa shape index (κ1) is 20.4. The molecular formula is C4H10O10S2. The lowest BCUT2D eigenvalue weighted by Crippen LogP contribution is -1.91. The third-order valence-electron chi connectivity index (χ3n) is 0.368. The number of ether oxygens (including phenoxy) is 1. The fourth-order valence-electron chi connectivity index (χ4n) is 0.0833. The summed E-state index contributed by atoms with van der Waals surface area (Å²) in [5.41, 5.74) is 0. The summed E-state index contributed by atoms with van der Waals surface area (Å²) in [7, 11) is -8.02. The average Bonchev–Trinajstić information content (AvgIpc) is 1.96. The molecule has 4 N–H and O–H groups in total.